The Morgan fingerprint density at radius 1 is 0.902 bits per heavy atom. The van der Waals surface area contributed by atoms with Gasteiger partial charge in [0.15, 0.2) is 6.10 Å². The van der Waals surface area contributed by atoms with Gasteiger partial charge in [0, 0.05) is 43.4 Å². The van der Waals surface area contributed by atoms with Gasteiger partial charge in [-0.15, -0.1) is 0 Å². The van der Waals surface area contributed by atoms with E-state index in [9.17, 15) is 24.3 Å². The smallest absolute Gasteiger partial charge is 0.306 e. The highest BCUT2D eigenvalue weighted by Crippen LogP contribution is 2.67. The fraction of sp³-hybridized carbons (Fsp3) is 0.812. The molecule has 0 saturated heterocycles. The predicted octanol–water partition coefficient (Wildman–Crippen LogP) is 4.92. The third kappa shape index (κ3) is 6.50. The summed E-state index contributed by atoms with van der Waals surface area (Å²) < 4.78 is 23.9. The highest BCUT2D eigenvalue weighted by molar-refractivity contribution is 5.70. The van der Waals surface area contributed by atoms with Crippen LogP contribution in [-0.2, 0) is 38.1 Å². The molecule has 9 heteroatoms. The van der Waals surface area contributed by atoms with Gasteiger partial charge in [-0.25, -0.2) is 0 Å². The van der Waals surface area contributed by atoms with E-state index in [1.165, 1.54) is 13.8 Å². The number of carbonyl (C=O) groups is 4. The molecule has 41 heavy (non-hydrogen) atoms. The van der Waals surface area contributed by atoms with Crippen LogP contribution in [0.2, 0.25) is 0 Å². The van der Waals surface area contributed by atoms with Crippen molar-refractivity contribution in [2.24, 2.45) is 34.5 Å². The van der Waals surface area contributed by atoms with Crippen molar-refractivity contribution in [3.05, 3.63) is 11.6 Å². The van der Waals surface area contributed by atoms with E-state index >= 15 is 0 Å². The van der Waals surface area contributed by atoms with Crippen LogP contribution in [0.15, 0.2) is 11.6 Å². The van der Waals surface area contributed by atoms with Gasteiger partial charge in [0.25, 0.3) is 0 Å². The van der Waals surface area contributed by atoms with Crippen molar-refractivity contribution in [1.29, 1.82) is 0 Å². The first-order chi connectivity index (χ1) is 19.1. The summed E-state index contributed by atoms with van der Waals surface area (Å²) in [4.78, 5) is 50.3. The number of esters is 4. The van der Waals surface area contributed by atoms with Crippen LogP contribution in [0.5, 0.6) is 0 Å². The van der Waals surface area contributed by atoms with Crippen LogP contribution in [0, 0.1) is 34.5 Å². The summed E-state index contributed by atoms with van der Waals surface area (Å²) in [5.41, 5.74) is -0.789. The van der Waals surface area contributed by atoms with Crippen LogP contribution in [0.4, 0.5) is 0 Å². The molecule has 4 unspecified atom stereocenters. The molecular formula is C32H50O9. The lowest BCUT2D eigenvalue weighted by Gasteiger charge is -2.57. The number of carbonyl (C=O) groups excluding carboxylic acids is 4. The third-order valence-electron chi connectivity index (χ3n) is 9.74. The molecule has 0 radical (unpaired) electrons. The summed E-state index contributed by atoms with van der Waals surface area (Å²) in [5.74, 6) is -2.10. The van der Waals surface area contributed by atoms with Gasteiger partial charge in [-0.3, -0.25) is 19.2 Å². The van der Waals surface area contributed by atoms with Gasteiger partial charge in [0.2, 0.25) is 0 Å². The van der Waals surface area contributed by atoms with Crippen molar-refractivity contribution in [2.75, 3.05) is 0 Å². The van der Waals surface area contributed by atoms with Crippen LogP contribution in [-0.4, -0.2) is 59.5 Å². The predicted molar refractivity (Wildman–Crippen MR) is 151 cm³/mol. The number of aliphatic hydroxyl groups is 1. The monoisotopic (exact) mass is 578 g/mol. The maximum atomic E-state index is 13.0. The number of rotatable bonds is 9. The Kier molecular flexibility index (Phi) is 10.4. The van der Waals surface area contributed by atoms with Crippen molar-refractivity contribution in [3.63, 3.8) is 0 Å². The maximum absolute atomic E-state index is 13.0. The molecule has 2 fully saturated rings. The average molecular weight is 579 g/mol. The number of allylic oxidation sites excluding steroid dienone is 1. The Labute approximate surface area is 244 Å². The van der Waals surface area contributed by atoms with Gasteiger partial charge in [0.05, 0.1) is 0 Å². The normalized spacial score (nSPS) is 38.2. The van der Waals surface area contributed by atoms with Crippen molar-refractivity contribution in [3.8, 4) is 0 Å². The largest absolute Gasteiger partial charge is 0.462 e. The van der Waals surface area contributed by atoms with Crippen LogP contribution < -0.4 is 0 Å². The van der Waals surface area contributed by atoms with Crippen LogP contribution in [0.1, 0.15) is 101 Å². The number of aliphatic hydroxyl groups excluding tert-OH is 1. The standard InChI is InChI=1S/C32H50O9/c1-10-12-24(35)40-23-16-31(8)21(27-26(17(3)4)22(38-19(6)33)15-32(23,27)9)14-18(5)29(39-20(7)34)28(37)30(31)41-25(36)13-11-2/h14,17,21-23,26-30,37H,10-13,15-16H2,1-9H3/t21-,22+,23+,26+,27?,28+,29+,30?,31?,32?/m1/s1. The highest BCUT2D eigenvalue weighted by atomic mass is 16.6. The van der Waals surface area contributed by atoms with E-state index < -0.39 is 53.3 Å². The van der Waals surface area contributed by atoms with Gasteiger partial charge in [-0.1, -0.05) is 47.6 Å². The minimum Gasteiger partial charge on any atom is -0.462 e. The molecule has 0 aromatic carbocycles. The van der Waals surface area contributed by atoms with Gasteiger partial charge >= 0.3 is 23.9 Å². The first-order valence-corrected chi connectivity index (χ1v) is 15.2. The molecule has 3 aliphatic carbocycles. The van der Waals surface area contributed by atoms with E-state index in [2.05, 4.69) is 26.8 Å². The van der Waals surface area contributed by atoms with E-state index in [0.29, 0.717) is 31.3 Å². The fourth-order valence-electron chi connectivity index (χ4n) is 8.07. The van der Waals surface area contributed by atoms with E-state index in [1.54, 1.807) is 0 Å². The zero-order valence-electron chi connectivity index (χ0n) is 26.2. The molecule has 2 saturated carbocycles. The molecule has 9 nitrogen and oxygen atoms in total. The van der Waals surface area contributed by atoms with Gasteiger partial charge in [-0.2, -0.15) is 0 Å². The quantitative estimate of drug-likeness (QED) is 0.230. The van der Waals surface area contributed by atoms with E-state index in [1.807, 2.05) is 27.7 Å². The average Bonchev–Trinajstić information content (AvgIpc) is 3.12. The molecule has 0 aromatic heterocycles. The SMILES string of the molecule is CCCC(=O)OC1[C@@H](O)[C@@H](OC(C)=O)C(C)=C[C@@H]2C3[C@@H](C(C)C)[C@@H](OC(C)=O)CC3(C)[C@@H](OC(=O)CCC)CC12C. The Hall–Kier alpha value is -2.42. The van der Waals surface area contributed by atoms with Gasteiger partial charge < -0.3 is 24.1 Å². The minimum atomic E-state index is -1.33. The summed E-state index contributed by atoms with van der Waals surface area (Å²) in [6, 6.07) is 0. The number of ether oxygens (including phenoxy) is 4. The van der Waals surface area contributed by atoms with Gasteiger partial charge in [0.1, 0.15) is 24.4 Å². The molecule has 10 atom stereocenters. The molecule has 0 aliphatic heterocycles. The Morgan fingerprint density at radius 3 is 1.98 bits per heavy atom. The molecule has 0 amide bonds. The topological polar surface area (TPSA) is 125 Å². The Morgan fingerprint density at radius 2 is 1.46 bits per heavy atom. The molecule has 0 spiro atoms. The van der Waals surface area contributed by atoms with E-state index in [4.69, 9.17) is 18.9 Å². The van der Waals surface area contributed by atoms with Crippen molar-refractivity contribution < 1.29 is 43.2 Å². The lowest BCUT2D eigenvalue weighted by molar-refractivity contribution is -0.212. The molecule has 3 aliphatic rings. The molecule has 0 aromatic rings. The second kappa shape index (κ2) is 12.8. The van der Waals surface area contributed by atoms with Crippen molar-refractivity contribution in [1.82, 2.24) is 0 Å². The fourth-order valence-corrected chi connectivity index (χ4v) is 8.07. The second-order valence-electron chi connectivity index (χ2n) is 13.3. The minimum absolute atomic E-state index is 0.0978. The van der Waals surface area contributed by atoms with E-state index in [0.717, 1.165) is 0 Å². The maximum Gasteiger partial charge on any atom is 0.306 e. The zero-order chi connectivity index (χ0) is 30.9. The highest BCUT2D eigenvalue weighted by Gasteiger charge is 2.69. The number of hydrogen-bond donors (Lipinski definition) is 1. The Bertz CT molecular complexity index is 1030. The lowest BCUT2D eigenvalue weighted by atomic mass is 9.49. The molecule has 0 heterocycles. The first kappa shape index (κ1) is 33.1. The van der Waals surface area contributed by atoms with Crippen molar-refractivity contribution >= 4 is 23.9 Å². The number of hydrogen-bond acceptors (Lipinski definition) is 9. The van der Waals surface area contributed by atoms with Crippen LogP contribution in [0.25, 0.3) is 0 Å². The summed E-state index contributed by atoms with van der Waals surface area (Å²) in [5, 5.41) is 11.8. The second-order valence-corrected chi connectivity index (χ2v) is 13.3. The molecule has 232 valence electrons. The summed E-state index contributed by atoms with van der Waals surface area (Å²) in [6.07, 6.45) is 0.188. The van der Waals surface area contributed by atoms with Crippen molar-refractivity contribution in [2.45, 2.75) is 131 Å². The zero-order valence-corrected chi connectivity index (χ0v) is 26.2. The Balaban J connectivity index is 2.27. The van der Waals surface area contributed by atoms with Crippen LogP contribution >= 0.6 is 0 Å². The molecule has 1 N–H and O–H groups in total. The molecular weight excluding hydrogens is 528 g/mol. The first-order valence-electron chi connectivity index (χ1n) is 15.2. The van der Waals surface area contributed by atoms with Crippen LogP contribution in [0.3, 0.4) is 0 Å². The lowest BCUT2D eigenvalue weighted by Crippen LogP contribution is -2.61. The summed E-state index contributed by atoms with van der Waals surface area (Å²) in [7, 11) is 0. The summed E-state index contributed by atoms with van der Waals surface area (Å²) in [6.45, 7) is 16.6. The van der Waals surface area contributed by atoms with Gasteiger partial charge in [-0.05, 0) is 55.9 Å². The summed E-state index contributed by atoms with van der Waals surface area (Å²) >= 11 is 0. The molecule has 3 rings (SSSR count). The molecule has 0 bridgehead atoms. The van der Waals surface area contributed by atoms with E-state index in [-0.39, 0.29) is 48.5 Å². The number of fused-ring (bicyclic) bond motifs is 3. The third-order valence-corrected chi connectivity index (χ3v) is 9.74.